The minimum absolute atomic E-state index is 0.182. The Bertz CT molecular complexity index is 960. The zero-order valence-corrected chi connectivity index (χ0v) is 15.8. The van der Waals surface area contributed by atoms with Gasteiger partial charge in [0.1, 0.15) is 17.2 Å². The third-order valence-corrected chi connectivity index (χ3v) is 5.26. The van der Waals surface area contributed by atoms with E-state index in [1.165, 1.54) is 29.3 Å². The Hall–Kier alpha value is -3.01. The third kappa shape index (κ3) is 4.11. The molecule has 10 heteroatoms. The number of amides is 1. The zero-order chi connectivity index (χ0) is 19.3. The van der Waals surface area contributed by atoms with Gasteiger partial charge < -0.3 is 10.2 Å². The second-order valence-corrected chi connectivity index (χ2v) is 7.39. The molecule has 3 heterocycles. The van der Waals surface area contributed by atoms with E-state index in [9.17, 15) is 9.18 Å². The van der Waals surface area contributed by atoms with Gasteiger partial charge in [-0.15, -0.1) is 5.10 Å². The van der Waals surface area contributed by atoms with Crippen LogP contribution in [-0.4, -0.2) is 55.5 Å². The summed E-state index contributed by atoms with van der Waals surface area (Å²) < 4.78 is 16.1. The van der Waals surface area contributed by atoms with Gasteiger partial charge in [-0.05, 0) is 12.1 Å². The van der Waals surface area contributed by atoms with Crippen molar-refractivity contribution in [1.29, 1.82) is 0 Å². The van der Waals surface area contributed by atoms with E-state index in [1.807, 2.05) is 17.8 Å². The van der Waals surface area contributed by atoms with Crippen LogP contribution in [-0.2, 0) is 6.54 Å². The van der Waals surface area contributed by atoms with E-state index in [0.29, 0.717) is 17.1 Å². The Kier molecular flexibility index (Phi) is 5.47. The van der Waals surface area contributed by atoms with Crippen molar-refractivity contribution in [2.75, 3.05) is 29.5 Å². The summed E-state index contributed by atoms with van der Waals surface area (Å²) in [6.45, 7) is 1.88. The van der Waals surface area contributed by atoms with Crippen LogP contribution in [0.25, 0.3) is 5.69 Å². The molecule has 28 heavy (non-hydrogen) atoms. The Morgan fingerprint density at radius 3 is 2.86 bits per heavy atom. The summed E-state index contributed by atoms with van der Waals surface area (Å²) >= 11 is 1.88. The third-order valence-electron chi connectivity index (χ3n) is 4.31. The molecular formula is C18H18FN7OS. The summed E-state index contributed by atoms with van der Waals surface area (Å²) in [5.41, 5.74) is 1.96. The molecule has 0 aliphatic carbocycles. The topological polar surface area (TPSA) is 88.8 Å². The Morgan fingerprint density at radius 2 is 2.11 bits per heavy atom. The van der Waals surface area contributed by atoms with Crippen LogP contribution >= 0.6 is 11.8 Å². The van der Waals surface area contributed by atoms with Crippen LogP contribution in [0.15, 0.2) is 43.0 Å². The molecule has 1 saturated heterocycles. The summed E-state index contributed by atoms with van der Waals surface area (Å²) in [5, 5.41) is 10.8. The number of hydrogen-bond donors (Lipinski definition) is 1. The highest BCUT2D eigenvalue weighted by molar-refractivity contribution is 7.99. The minimum atomic E-state index is -0.349. The van der Waals surface area contributed by atoms with E-state index < -0.39 is 0 Å². The number of rotatable bonds is 5. The van der Waals surface area contributed by atoms with Gasteiger partial charge in [0, 0.05) is 43.1 Å². The molecule has 1 amide bonds. The van der Waals surface area contributed by atoms with Crippen molar-refractivity contribution in [3.05, 3.63) is 60.2 Å². The Balaban J connectivity index is 1.42. The van der Waals surface area contributed by atoms with Crippen LogP contribution in [0.3, 0.4) is 0 Å². The molecule has 2 aromatic heterocycles. The van der Waals surface area contributed by atoms with Crippen LogP contribution in [0.4, 0.5) is 10.1 Å². The van der Waals surface area contributed by atoms with Crippen LogP contribution in [0.2, 0.25) is 0 Å². The predicted octanol–water partition coefficient (Wildman–Crippen LogP) is 1.68. The van der Waals surface area contributed by atoms with Gasteiger partial charge in [0.2, 0.25) is 0 Å². The van der Waals surface area contributed by atoms with E-state index in [1.54, 1.807) is 12.3 Å². The normalized spacial score (nSPS) is 14.1. The maximum Gasteiger partial charge on any atom is 0.271 e. The molecule has 0 unspecified atom stereocenters. The quantitative estimate of drug-likeness (QED) is 0.698. The number of hydrogen-bond acceptors (Lipinski definition) is 7. The summed E-state index contributed by atoms with van der Waals surface area (Å²) in [4.78, 5) is 21.9. The van der Waals surface area contributed by atoms with Gasteiger partial charge in [0.15, 0.2) is 0 Å². The highest BCUT2D eigenvalue weighted by Gasteiger charge is 2.16. The summed E-state index contributed by atoms with van der Waals surface area (Å²) in [7, 11) is 0. The van der Waals surface area contributed by atoms with Crippen molar-refractivity contribution in [1.82, 2.24) is 30.3 Å². The number of halogens is 1. The van der Waals surface area contributed by atoms with Gasteiger partial charge in [-0.2, -0.15) is 11.8 Å². The first-order valence-corrected chi connectivity index (χ1v) is 9.94. The number of anilines is 1. The molecule has 1 aromatic carbocycles. The lowest BCUT2D eigenvalue weighted by Crippen LogP contribution is -2.33. The molecule has 4 rings (SSSR count). The molecule has 3 aromatic rings. The second kappa shape index (κ2) is 8.34. The lowest BCUT2D eigenvalue weighted by Gasteiger charge is -2.28. The highest BCUT2D eigenvalue weighted by Crippen LogP contribution is 2.24. The summed E-state index contributed by atoms with van der Waals surface area (Å²) in [5.74, 6) is 1.39. The molecule has 144 valence electrons. The van der Waals surface area contributed by atoms with Crippen LogP contribution in [0, 0.1) is 5.82 Å². The molecule has 0 bridgehead atoms. The SMILES string of the molecule is O=C(NCc1cn(-c2ccc(N3CCSCC3)c(F)c2)nn1)c1cnccn1. The first-order valence-electron chi connectivity index (χ1n) is 8.79. The van der Waals surface area contributed by atoms with Crippen molar-refractivity contribution < 1.29 is 9.18 Å². The van der Waals surface area contributed by atoms with Gasteiger partial charge in [-0.25, -0.2) is 14.1 Å². The maximum absolute atomic E-state index is 14.6. The van der Waals surface area contributed by atoms with Crippen LogP contribution < -0.4 is 10.2 Å². The molecule has 0 spiro atoms. The number of nitrogens with one attached hydrogen (secondary N) is 1. The number of nitrogens with zero attached hydrogens (tertiary/aromatic N) is 6. The standard InChI is InChI=1S/C18H18FN7OS/c19-15-9-14(1-2-17(15)25-5-7-28-8-6-25)26-12-13(23-24-26)10-22-18(27)16-11-20-3-4-21-16/h1-4,9,11-12H,5-8,10H2,(H,22,27). The number of benzene rings is 1. The molecule has 1 fully saturated rings. The van der Waals surface area contributed by atoms with Gasteiger partial charge in [0.05, 0.1) is 30.3 Å². The monoisotopic (exact) mass is 399 g/mol. The summed E-state index contributed by atoms with van der Waals surface area (Å²) in [6, 6.07) is 5.04. The lowest BCUT2D eigenvalue weighted by molar-refractivity contribution is 0.0945. The number of thioether (sulfide) groups is 1. The second-order valence-electron chi connectivity index (χ2n) is 6.16. The fourth-order valence-corrected chi connectivity index (χ4v) is 3.79. The van der Waals surface area contributed by atoms with Crippen LogP contribution in [0.5, 0.6) is 0 Å². The smallest absolute Gasteiger partial charge is 0.271 e. The largest absolute Gasteiger partial charge is 0.368 e. The lowest BCUT2D eigenvalue weighted by atomic mass is 10.2. The molecule has 1 aliphatic rings. The van der Waals surface area contributed by atoms with Gasteiger partial charge >= 0.3 is 0 Å². The van der Waals surface area contributed by atoms with E-state index in [4.69, 9.17) is 0 Å². The average Bonchev–Trinajstić information content (AvgIpc) is 3.22. The van der Waals surface area contributed by atoms with Gasteiger partial charge in [0.25, 0.3) is 5.91 Å². The Labute approximate surface area is 165 Å². The minimum Gasteiger partial charge on any atom is -0.368 e. The van der Waals surface area contributed by atoms with Gasteiger partial charge in [-0.3, -0.25) is 9.78 Å². The molecule has 0 saturated carbocycles. The highest BCUT2D eigenvalue weighted by atomic mass is 32.2. The average molecular weight is 399 g/mol. The Morgan fingerprint density at radius 1 is 1.25 bits per heavy atom. The molecule has 0 radical (unpaired) electrons. The maximum atomic E-state index is 14.6. The molecular weight excluding hydrogens is 381 g/mol. The number of carbonyl (C=O) groups is 1. The summed E-state index contributed by atoms with van der Waals surface area (Å²) in [6.07, 6.45) is 5.99. The van der Waals surface area contributed by atoms with E-state index in [0.717, 1.165) is 24.6 Å². The van der Waals surface area contributed by atoms with Crippen molar-refractivity contribution in [3.63, 3.8) is 0 Å². The molecule has 1 aliphatic heterocycles. The van der Waals surface area contributed by atoms with Crippen LogP contribution in [0.1, 0.15) is 16.2 Å². The van der Waals surface area contributed by atoms with Gasteiger partial charge in [-0.1, -0.05) is 5.21 Å². The fraction of sp³-hybridized carbons (Fsp3) is 0.278. The molecule has 8 nitrogen and oxygen atoms in total. The van der Waals surface area contributed by atoms with E-state index in [2.05, 4.69) is 30.5 Å². The first kappa shape index (κ1) is 18.4. The van der Waals surface area contributed by atoms with Crippen molar-refractivity contribution >= 4 is 23.4 Å². The zero-order valence-electron chi connectivity index (χ0n) is 15.0. The first-order chi connectivity index (χ1) is 13.7. The van der Waals surface area contributed by atoms with E-state index >= 15 is 0 Å². The molecule has 0 atom stereocenters. The van der Waals surface area contributed by atoms with Crippen molar-refractivity contribution in [2.45, 2.75) is 6.54 Å². The van der Waals surface area contributed by atoms with Crippen molar-refractivity contribution in [3.8, 4) is 5.69 Å². The number of aromatic nitrogens is 5. The van der Waals surface area contributed by atoms with Crippen molar-refractivity contribution in [2.24, 2.45) is 0 Å². The number of carbonyl (C=O) groups excluding carboxylic acids is 1. The fourth-order valence-electron chi connectivity index (χ4n) is 2.88. The van der Waals surface area contributed by atoms with E-state index in [-0.39, 0.29) is 24.0 Å². The molecule has 1 N–H and O–H groups in total. The predicted molar refractivity (Wildman–Crippen MR) is 104 cm³/mol.